The van der Waals surface area contributed by atoms with E-state index in [0.717, 1.165) is 0 Å². The first-order valence-electron chi connectivity index (χ1n) is 5.67. The van der Waals surface area contributed by atoms with Gasteiger partial charge in [-0.3, -0.25) is 14.3 Å². The molecule has 2 N–H and O–H groups in total. The van der Waals surface area contributed by atoms with Gasteiger partial charge in [0.15, 0.2) is 0 Å². The molecule has 1 aromatic rings. The number of aryl methyl sites for hydroxylation is 1. The number of hydrogen-bond acceptors (Lipinski definition) is 5. The van der Waals surface area contributed by atoms with Gasteiger partial charge < -0.3 is 9.84 Å². The van der Waals surface area contributed by atoms with Gasteiger partial charge in [0.2, 0.25) is 0 Å². The lowest BCUT2D eigenvalue weighted by molar-refractivity contribution is 0.0428. The highest BCUT2D eigenvalue weighted by molar-refractivity contribution is 5.03. The Morgan fingerprint density at radius 3 is 3.05 bits per heavy atom. The highest BCUT2D eigenvalue weighted by Crippen LogP contribution is 2.30. The van der Waals surface area contributed by atoms with Crippen molar-refractivity contribution >= 4 is 0 Å². The fourth-order valence-corrected chi connectivity index (χ4v) is 2.04. The minimum absolute atomic E-state index is 0.176. The van der Waals surface area contributed by atoms with Crippen molar-refractivity contribution in [2.24, 2.45) is 11.0 Å². The number of nitrogens with one attached hydrogen (secondary N) is 1. The summed E-state index contributed by atoms with van der Waals surface area (Å²) in [7, 11) is 0. The first-order chi connectivity index (χ1) is 9.08. The molecule has 1 aromatic heterocycles. The van der Waals surface area contributed by atoms with E-state index in [1.807, 2.05) is 0 Å². The Labute approximate surface area is 107 Å². The summed E-state index contributed by atoms with van der Waals surface area (Å²) in [6.07, 6.45) is 0.530. The molecular formula is C10H13N5O4. The third-order valence-electron chi connectivity index (χ3n) is 3.10. The van der Waals surface area contributed by atoms with Gasteiger partial charge in [0.25, 0.3) is 5.56 Å². The number of azide groups is 1. The molecule has 1 aliphatic rings. The second kappa shape index (κ2) is 5.27. The Bertz CT molecular complexity index is 630. The van der Waals surface area contributed by atoms with Crippen LogP contribution in [0.25, 0.3) is 10.4 Å². The van der Waals surface area contributed by atoms with E-state index >= 15 is 0 Å². The molecule has 1 fully saturated rings. The molecule has 1 aliphatic heterocycles. The number of aliphatic hydroxyl groups is 1. The maximum Gasteiger partial charge on any atom is 0.330 e. The predicted octanol–water partition coefficient (Wildman–Crippen LogP) is -0.339. The van der Waals surface area contributed by atoms with Gasteiger partial charge >= 0.3 is 5.69 Å². The van der Waals surface area contributed by atoms with Crippen molar-refractivity contribution in [3.05, 3.63) is 43.0 Å². The van der Waals surface area contributed by atoms with Crippen LogP contribution in [0.1, 0.15) is 11.8 Å². The SMILES string of the molecule is Cc1cn(C2OCC(CO)C2N=[N+]=[N-])c(=O)[nH]c1=O. The third-order valence-corrected chi connectivity index (χ3v) is 3.10. The van der Waals surface area contributed by atoms with Crippen molar-refractivity contribution in [3.8, 4) is 0 Å². The van der Waals surface area contributed by atoms with Crippen LogP contribution in [-0.4, -0.2) is 33.9 Å². The summed E-state index contributed by atoms with van der Waals surface area (Å²) >= 11 is 0. The number of aromatic amines is 1. The van der Waals surface area contributed by atoms with E-state index in [1.165, 1.54) is 10.8 Å². The zero-order valence-electron chi connectivity index (χ0n) is 10.2. The van der Waals surface area contributed by atoms with E-state index in [0.29, 0.717) is 5.56 Å². The summed E-state index contributed by atoms with van der Waals surface area (Å²) in [6.45, 7) is 1.52. The molecule has 9 nitrogen and oxygen atoms in total. The van der Waals surface area contributed by atoms with Crippen molar-refractivity contribution in [2.45, 2.75) is 19.2 Å². The maximum absolute atomic E-state index is 11.8. The Balaban J connectivity index is 2.46. The number of hydrogen-bond donors (Lipinski definition) is 2. The van der Waals surface area contributed by atoms with Crippen LogP contribution in [0.3, 0.4) is 0 Å². The molecule has 0 saturated carbocycles. The fraction of sp³-hybridized carbons (Fsp3) is 0.600. The molecular weight excluding hydrogens is 254 g/mol. The monoisotopic (exact) mass is 267 g/mol. The molecule has 19 heavy (non-hydrogen) atoms. The zero-order chi connectivity index (χ0) is 14.0. The van der Waals surface area contributed by atoms with E-state index in [2.05, 4.69) is 15.0 Å². The van der Waals surface area contributed by atoms with Gasteiger partial charge in [0, 0.05) is 29.2 Å². The summed E-state index contributed by atoms with van der Waals surface area (Å²) in [4.78, 5) is 27.9. The molecule has 0 spiro atoms. The van der Waals surface area contributed by atoms with Crippen molar-refractivity contribution in [1.82, 2.24) is 9.55 Å². The lowest BCUT2D eigenvalue weighted by atomic mass is 10.0. The highest BCUT2D eigenvalue weighted by atomic mass is 16.5. The molecule has 2 heterocycles. The summed E-state index contributed by atoms with van der Waals surface area (Å²) in [5, 5.41) is 12.8. The number of H-pyrrole nitrogens is 1. The summed E-state index contributed by atoms with van der Waals surface area (Å²) < 4.78 is 6.57. The van der Waals surface area contributed by atoms with E-state index in [4.69, 9.17) is 10.3 Å². The van der Waals surface area contributed by atoms with Crippen molar-refractivity contribution in [1.29, 1.82) is 0 Å². The van der Waals surface area contributed by atoms with Gasteiger partial charge in [-0.1, -0.05) is 5.11 Å². The molecule has 9 heteroatoms. The predicted molar refractivity (Wildman–Crippen MR) is 64.6 cm³/mol. The first-order valence-corrected chi connectivity index (χ1v) is 5.67. The Morgan fingerprint density at radius 2 is 2.42 bits per heavy atom. The van der Waals surface area contributed by atoms with Gasteiger partial charge in [-0.15, -0.1) is 0 Å². The van der Waals surface area contributed by atoms with E-state index in [-0.39, 0.29) is 19.1 Å². The Morgan fingerprint density at radius 1 is 1.68 bits per heavy atom. The van der Waals surface area contributed by atoms with Crippen molar-refractivity contribution in [3.63, 3.8) is 0 Å². The average Bonchev–Trinajstić information content (AvgIpc) is 2.77. The minimum Gasteiger partial charge on any atom is -0.396 e. The molecule has 102 valence electrons. The number of aliphatic hydroxyl groups excluding tert-OH is 1. The van der Waals surface area contributed by atoms with Crippen molar-refractivity contribution in [2.75, 3.05) is 13.2 Å². The van der Waals surface area contributed by atoms with E-state index < -0.39 is 23.5 Å². The lowest BCUT2D eigenvalue weighted by Crippen LogP contribution is -2.37. The molecule has 0 amide bonds. The van der Waals surface area contributed by atoms with Gasteiger partial charge in [-0.25, -0.2) is 4.79 Å². The summed E-state index contributed by atoms with van der Waals surface area (Å²) in [6, 6.07) is -0.696. The van der Waals surface area contributed by atoms with Crippen LogP contribution >= 0.6 is 0 Å². The smallest absolute Gasteiger partial charge is 0.330 e. The Kier molecular flexibility index (Phi) is 3.70. The second-order valence-electron chi connectivity index (χ2n) is 4.34. The van der Waals surface area contributed by atoms with Crippen LogP contribution in [0.15, 0.2) is 20.9 Å². The molecule has 3 atom stereocenters. The molecule has 0 aromatic carbocycles. The van der Waals surface area contributed by atoms with Crippen LogP contribution in [0.2, 0.25) is 0 Å². The number of rotatable bonds is 3. The Hall–Kier alpha value is -2.09. The summed E-state index contributed by atoms with van der Waals surface area (Å²) in [5.74, 6) is -0.375. The van der Waals surface area contributed by atoms with E-state index in [9.17, 15) is 14.7 Å². The first kappa shape index (κ1) is 13.3. The van der Waals surface area contributed by atoms with Gasteiger partial charge in [0.1, 0.15) is 6.23 Å². The number of nitrogens with zero attached hydrogens (tertiary/aromatic N) is 4. The van der Waals surface area contributed by atoms with Crippen LogP contribution in [0.4, 0.5) is 0 Å². The molecule has 0 bridgehead atoms. The topological polar surface area (TPSA) is 133 Å². The van der Waals surface area contributed by atoms with E-state index in [1.54, 1.807) is 6.92 Å². The molecule has 0 aliphatic carbocycles. The van der Waals surface area contributed by atoms with Crippen LogP contribution in [0.5, 0.6) is 0 Å². The highest BCUT2D eigenvalue weighted by Gasteiger charge is 2.38. The van der Waals surface area contributed by atoms with Gasteiger partial charge in [-0.2, -0.15) is 0 Å². The normalized spacial score (nSPS) is 26.1. The van der Waals surface area contributed by atoms with Crippen LogP contribution in [-0.2, 0) is 4.74 Å². The van der Waals surface area contributed by atoms with Crippen LogP contribution < -0.4 is 11.2 Å². The largest absolute Gasteiger partial charge is 0.396 e. The maximum atomic E-state index is 11.8. The molecule has 0 radical (unpaired) electrons. The van der Waals surface area contributed by atoms with Crippen molar-refractivity contribution < 1.29 is 9.84 Å². The molecule has 2 rings (SSSR count). The van der Waals surface area contributed by atoms with Gasteiger partial charge in [0.05, 0.1) is 12.6 Å². The summed E-state index contributed by atoms with van der Waals surface area (Å²) in [5.41, 5.74) is 7.78. The number of ether oxygens (including phenoxy) is 1. The van der Waals surface area contributed by atoms with Gasteiger partial charge in [-0.05, 0) is 12.5 Å². The second-order valence-corrected chi connectivity index (χ2v) is 4.34. The molecule has 3 unspecified atom stereocenters. The third kappa shape index (κ3) is 2.39. The lowest BCUT2D eigenvalue weighted by Gasteiger charge is -2.19. The fourth-order valence-electron chi connectivity index (χ4n) is 2.04. The average molecular weight is 267 g/mol. The number of aromatic nitrogens is 2. The van der Waals surface area contributed by atoms with Crippen LogP contribution in [0, 0.1) is 12.8 Å². The molecule has 1 saturated heterocycles. The minimum atomic E-state index is -0.823. The zero-order valence-corrected chi connectivity index (χ0v) is 10.2. The quantitative estimate of drug-likeness (QED) is 0.440. The standard InChI is InChI=1S/C10H13N5O4/c1-5-2-15(10(18)12-8(5)17)9-7(13-14-11)6(3-16)4-19-9/h2,6-7,9,16H,3-4H2,1H3,(H,12,17,18).